The highest BCUT2D eigenvalue weighted by Gasteiger charge is 2.26. The molecular weight excluding hydrogens is 410 g/mol. The number of carbonyl (C=O) groups is 1. The molecule has 0 bridgehead atoms. The van der Waals surface area contributed by atoms with E-state index >= 15 is 4.39 Å². The summed E-state index contributed by atoms with van der Waals surface area (Å²) in [6.45, 7) is 3.74. The molecular formula is C20H20F2N6O3. The number of hydrogen-bond donors (Lipinski definition) is 3. The third-order valence-corrected chi connectivity index (χ3v) is 4.66. The lowest BCUT2D eigenvalue weighted by Crippen LogP contribution is -2.23. The molecule has 0 aliphatic heterocycles. The number of pyridine rings is 2. The van der Waals surface area contributed by atoms with E-state index in [4.69, 9.17) is 5.73 Å². The highest BCUT2D eigenvalue weighted by molar-refractivity contribution is 6.02. The second-order valence-corrected chi connectivity index (χ2v) is 6.98. The summed E-state index contributed by atoms with van der Waals surface area (Å²) >= 11 is 0. The molecule has 1 amide bonds. The van der Waals surface area contributed by atoms with Crippen molar-refractivity contribution in [2.75, 3.05) is 29.5 Å². The van der Waals surface area contributed by atoms with Crippen molar-refractivity contribution in [3.05, 3.63) is 62.9 Å². The lowest BCUT2D eigenvalue weighted by molar-refractivity contribution is 0.0999. The smallest absolute Gasteiger partial charge is 0.322 e. The van der Waals surface area contributed by atoms with Crippen molar-refractivity contribution >= 4 is 34.0 Å². The molecule has 0 aliphatic carbocycles. The number of benzene rings is 1. The molecule has 0 fully saturated rings. The second-order valence-electron chi connectivity index (χ2n) is 6.98. The molecule has 3 aromatic rings. The van der Waals surface area contributed by atoms with E-state index in [1.54, 1.807) is 38.2 Å². The normalized spacial score (nSPS) is 11.0. The number of nitrogens with zero attached hydrogens (tertiary/aromatic N) is 3. The first kappa shape index (κ1) is 21.8. The Kier molecular flexibility index (Phi) is 6.23. The maximum atomic E-state index is 15.4. The molecule has 162 valence electrons. The number of amides is 1. The van der Waals surface area contributed by atoms with E-state index in [0.717, 1.165) is 6.20 Å². The molecule has 0 aliphatic rings. The van der Waals surface area contributed by atoms with Crippen molar-refractivity contribution in [1.82, 2.24) is 9.55 Å². The molecule has 4 N–H and O–H groups in total. The van der Waals surface area contributed by atoms with Crippen LogP contribution in [0.5, 0.6) is 0 Å². The fourth-order valence-electron chi connectivity index (χ4n) is 3.18. The minimum atomic E-state index is -1.34. The molecule has 3 rings (SSSR count). The Balaban J connectivity index is 2.06. The number of rotatable bonds is 7. The van der Waals surface area contributed by atoms with Gasteiger partial charge in [-0.15, -0.1) is 4.91 Å². The molecule has 9 nitrogen and oxygen atoms in total. The highest BCUT2D eigenvalue weighted by atomic mass is 19.1. The van der Waals surface area contributed by atoms with Crippen LogP contribution < -0.4 is 21.8 Å². The van der Waals surface area contributed by atoms with Gasteiger partial charge in [0.1, 0.15) is 17.1 Å². The van der Waals surface area contributed by atoms with E-state index < -0.39 is 51.3 Å². The minimum absolute atomic E-state index is 0.118. The first-order valence-electron chi connectivity index (χ1n) is 9.39. The Morgan fingerprint density at radius 2 is 1.94 bits per heavy atom. The zero-order valence-electron chi connectivity index (χ0n) is 16.8. The molecule has 0 unspecified atom stereocenters. The Morgan fingerprint density at radius 1 is 1.23 bits per heavy atom. The van der Waals surface area contributed by atoms with Crippen LogP contribution >= 0.6 is 0 Å². The fourth-order valence-corrected chi connectivity index (χ4v) is 3.18. The Labute approximate surface area is 175 Å². The van der Waals surface area contributed by atoms with Gasteiger partial charge < -0.3 is 20.9 Å². The van der Waals surface area contributed by atoms with Crippen LogP contribution in [0.15, 0.2) is 40.6 Å². The van der Waals surface area contributed by atoms with E-state index in [1.807, 2.05) is 0 Å². The van der Waals surface area contributed by atoms with Gasteiger partial charge >= 0.3 is 5.91 Å². The number of nitrogens with one attached hydrogen (secondary N) is 2. The number of nitrogen functional groups attached to an aromatic ring is 1. The quantitative estimate of drug-likeness (QED) is 0.298. The molecule has 0 saturated carbocycles. The maximum absolute atomic E-state index is 15.4. The summed E-state index contributed by atoms with van der Waals surface area (Å²) in [6, 6.07) is 4.84. The number of nitroso groups, excluding NO2 is 1. The number of halogens is 2. The van der Waals surface area contributed by atoms with Gasteiger partial charge in [0, 0.05) is 36.7 Å². The van der Waals surface area contributed by atoms with Gasteiger partial charge in [-0.05, 0) is 26.0 Å². The van der Waals surface area contributed by atoms with Crippen molar-refractivity contribution < 1.29 is 13.6 Å². The van der Waals surface area contributed by atoms with Crippen LogP contribution in [0, 0.1) is 16.5 Å². The zero-order chi connectivity index (χ0) is 22.7. The summed E-state index contributed by atoms with van der Waals surface area (Å²) in [4.78, 5) is 39.2. The predicted octanol–water partition coefficient (Wildman–Crippen LogP) is 3.27. The first-order valence-corrected chi connectivity index (χ1v) is 9.39. The van der Waals surface area contributed by atoms with Crippen molar-refractivity contribution in [2.45, 2.75) is 19.9 Å². The number of aromatic nitrogens is 2. The van der Waals surface area contributed by atoms with E-state index in [0.29, 0.717) is 12.4 Å². The van der Waals surface area contributed by atoms with Crippen LogP contribution in [0.4, 0.5) is 26.0 Å². The van der Waals surface area contributed by atoms with Gasteiger partial charge in [-0.2, -0.15) is 0 Å². The largest absolute Gasteiger partial charge is 0.396 e. The SMILES string of the molecule is CC(C)n1cc(C(=O)N=O)c(=O)c2c(N)c(F)c(NCCNc3ccccn3)c(F)c21. The number of fused-ring (bicyclic) bond motifs is 1. The first-order chi connectivity index (χ1) is 14.8. The third kappa shape index (κ3) is 4.06. The van der Waals surface area contributed by atoms with Crippen LogP contribution in [0.2, 0.25) is 0 Å². The lowest BCUT2D eigenvalue weighted by Gasteiger charge is -2.20. The van der Waals surface area contributed by atoms with Gasteiger partial charge in [-0.3, -0.25) is 9.59 Å². The van der Waals surface area contributed by atoms with Crippen LogP contribution in [-0.2, 0) is 0 Å². The summed E-state index contributed by atoms with van der Waals surface area (Å²) in [5.74, 6) is -2.95. The molecule has 0 saturated heterocycles. The molecule has 2 heterocycles. The topological polar surface area (TPSA) is 131 Å². The van der Waals surface area contributed by atoms with Gasteiger partial charge in [0.2, 0.25) is 5.43 Å². The van der Waals surface area contributed by atoms with Crippen LogP contribution in [0.1, 0.15) is 30.2 Å². The number of anilines is 3. The van der Waals surface area contributed by atoms with Crippen molar-refractivity contribution in [3.8, 4) is 0 Å². The second kappa shape index (κ2) is 8.86. The van der Waals surface area contributed by atoms with Crippen molar-refractivity contribution in [2.24, 2.45) is 5.18 Å². The van der Waals surface area contributed by atoms with Crippen molar-refractivity contribution in [1.29, 1.82) is 0 Å². The van der Waals surface area contributed by atoms with Gasteiger partial charge in [0.25, 0.3) is 0 Å². The van der Waals surface area contributed by atoms with E-state index in [1.165, 1.54) is 4.57 Å². The molecule has 0 spiro atoms. The number of nitrogens with two attached hydrogens (primary N) is 1. The van der Waals surface area contributed by atoms with Gasteiger partial charge in [0.05, 0.1) is 16.6 Å². The highest BCUT2D eigenvalue weighted by Crippen LogP contribution is 2.33. The summed E-state index contributed by atoms with van der Waals surface area (Å²) in [5, 5.41) is 7.36. The van der Waals surface area contributed by atoms with Crippen LogP contribution in [-0.4, -0.2) is 28.5 Å². The van der Waals surface area contributed by atoms with Gasteiger partial charge in [0.15, 0.2) is 11.6 Å². The molecule has 31 heavy (non-hydrogen) atoms. The van der Waals surface area contributed by atoms with Crippen LogP contribution in [0.3, 0.4) is 0 Å². The average Bonchev–Trinajstić information content (AvgIpc) is 2.76. The van der Waals surface area contributed by atoms with Crippen molar-refractivity contribution in [3.63, 3.8) is 0 Å². The summed E-state index contributed by atoms with van der Waals surface area (Å²) < 4.78 is 31.5. The monoisotopic (exact) mass is 430 g/mol. The molecule has 0 radical (unpaired) electrons. The van der Waals surface area contributed by atoms with Gasteiger partial charge in [-0.1, -0.05) is 6.07 Å². The Morgan fingerprint density at radius 3 is 2.55 bits per heavy atom. The third-order valence-electron chi connectivity index (χ3n) is 4.66. The minimum Gasteiger partial charge on any atom is -0.396 e. The summed E-state index contributed by atoms with van der Waals surface area (Å²) in [5.41, 5.74) is 2.74. The Hall–Kier alpha value is -3.89. The van der Waals surface area contributed by atoms with Crippen LogP contribution in [0.25, 0.3) is 10.9 Å². The van der Waals surface area contributed by atoms with E-state index in [9.17, 15) is 18.9 Å². The molecule has 0 atom stereocenters. The van der Waals surface area contributed by atoms with E-state index in [2.05, 4.69) is 20.8 Å². The van der Waals surface area contributed by atoms with Gasteiger partial charge in [-0.25, -0.2) is 13.8 Å². The number of carbonyl (C=O) groups excluding carboxylic acids is 1. The predicted molar refractivity (Wildman–Crippen MR) is 114 cm³/mol. The lowest BCUT2D eigenvalue weighted by atomic mass is 10.1. The molecule has 2 aromatic heterocycles. The maximum Gasteiger partial charge on any atom is 0.322 e. The molecule has 1 aromatic carbocycles. The average molecular weight is 430 g/mol. The summed E-state index contributed by atoms with van der Waals surface area (Å²) in [7, 11) is 0. The standard InChI is InChI=1S/C20H20F2N6O3/c1-10(2)28-9-11(20(30)27-31)19(29)13-16(23)14(21)17(15(22)18(13)28)26-8-7-25-12-5-3-4-6-24-12/h3-6,9-10,26H,7-8,23H2,1-2H3,(H,24,25). The zero-order valence-corrected chi connectivity index (χ0v) is 16.8. The Bertz CT molecular complexity index is 1210. The number of hydrogen-bond acceptors (Lipinski definition) is 7. The summed E-state index contributed by atoms with van der Waals surface area (Å²) in [6.07, 6.45) is 2.63. The molecule has 11 heteroatoms. The fraction of sp³-hybridized carbons (Fsp3) is 0.250. The van der Waals surface area contributed by atoms with E-state index in [-0.39, 0.29) is 12.1 Å².